The molecule has 0 spiro atoms. The van der Waals surface area contributed by atoms with Gasteiger partial charge in [-0.3, -0.25) is 4.99 Å². The first-order chi connectivity index (χ1) is 10.2. The first kappa shape index (κ1) is 12.1. The van der Waals surface area contributed by atoms with E-state index in [1.807, 2.05) is 55.5 Å². The van der Waals surface area contributed by atoms with Crippen molar-refractivity contribution in [3.05, 3.63) is 75.6 Å². The van der Waals surface area contributed by atoms with Crippen molar-refractivity contribution in [2.45, 2.75) is 13.3 Å². The molecule has 0 N–H and O–H groups in total. The monoisotopic (exact) mass is 275 g/mol. The van der Waals surface area contributed by atoms with Crippen molar-refractivity contribution in [3.8, 4) is 0 Å². The van der Waals surface area contributed by atoms with Gasteiger partial charge in [0.2, 0.25) is 0 Å². The summed E-state index contributed by atoms with van der Waals surface area (Å²) in [6, 6.07) is 15.7. The fraction of sp³-hybridized carbons (Fsp3) is 0.111. The predicted molar refractivity (Wildman–Crippen MR) is 83.6 cm³/mol. The Labute approximate surface area is 121 Å². The van der Waals surface area contributed by atoms with Gasteiger partial charge in [0.05, 0.1) is 17.0 Å². The Hall–Kier alpha value is -2.68. The second-order valence-electron chi connectivity index (χ2n) is 5.35. The molecule has 3 nitrogen and oxygen atoms in total. The van der Waals surface area contributed by atoms with Crippen LogP contribution in [-0.4, -0.2) is 5.71 Å². The van der Waals surface area contributed by atoms with E-state index in [0.29, 0.717) is 17.6 Å². The van der Waals surface area contributed by atoms with Crippen LogP contribution in [0.1, 0.15) is 16.7 Å². The molecule has 3 aromatic rings. The maximum Gasteiger partial charge on any atom is 0.345 e. The van der Waals surface area contributed by atoms with Crippen LogP contribution in [0.3, 0.4) is 0 Å². The highest BCUT2D eigenvalue weighted by atomic mass is 16.4. The van der Waals surface area contributed by atoms with Gasteiger partial charge in [-0.2, -0.15) is 0 Å². The number of hydrogen-bond acceptors (Lipinski definition) is 3. The zero-order valence-electron chi connectivity index (χ0n) is 11.6. The molecule has 0 aliphatic carbocycles. The van der Waals surface area contributed by atoms with E-state index in [9.17, 15) is 4.79 Å². The average Bonchev–Trinajstić information content (AvgIpc) is 2.90. The summed E-state index contributed by atoms with van der Waals surface area (Å²) in [4.78, 5) is 16.8. The Bertz CT molecular complexity index is 951. The summed E-state index contributed by atoms with van der Waals surface area (Å²) in [6.07, 6.45) is 0.679. The maximum absolute atomic E-state index is 12.2. The minimum Gasteiger partial charge on any atom is -0.422 e. The summed E-state index contributed by atoms with van der Waals surface area (Å²) < 4.78 is 5.45. The van der Waals surface area contributed by atoms with Gasteiger partial charge >= 0.3 is 5.63 Å². The minimum atomic E-state index is -0.320. The van der Waals surface area contributed by atoms with E-state index in [0.717, 1.165) is 27.9 Å². The summed E-state index contributed by atoms with van der Waals surface area (Å²) in [6.45, 7) is 1.98. The van der Waals surface area contributed by atoms with Crippen LogP contribution < -0.4 is 5.63 Å². The molecule has 0 saturated heterocycles. The smallest absolute Gasteiger partial charge is 0.345 e. The minimum absolute atomic E-state index is 0.320. The van der Waals surface area contributed by atoms with Crippen molar-refractivity contribution in [3.63, 3.8) is 0 Å². The molecule has 2 aromatic carbocycles. The van der Waals surface area contributed by atoms with Gasteiger partial charge < -0.3 is 4.42 Å². The topological polar surface area (TPSA) is 42.6 Å². The largest absolute Gasteiger partial charge is 0.422 e. The van der Waals surface area contributed by atoms with Gasteiger partial charge in [0, 0.05) is 11.8 Å². The Kier molecular flexibility index (Phi) is 2.54. The molecule has 4 rings (SSSR count). The molecule has 3 heteroatoms. The van der Waals surface area contributed by atoms with E-state index in [4.69, 9.17) is 4.42 Å². The molecule has 0 fully saturated rings. The Morgan fingerprint density at radius 2 is 1.95 bits per heavy atom. The molecule has 0 amide bonds. The third-order valence-corrected chi connectivity index (χ3v) is 3.81. The van der Waals surface area contributed by atoms with Crippen LogP contribution in [0.15, 0.2) is 62.7 Å². The van der Waals surface area contributed by atoms with E-state index in [-0.39, 0.29) is 5.63 Å². The lowest BCUT2D eigenvalue weighted by molar-refractivity contribution is 0.559. The Balaban J connectivity index is 1.87. The van der Waals surface area contributed by atoms with Crippen LogP contribution in [-0.2, 0) is 6.42 Å². The molecule has 21 heavy (non-hydrogen) atoms. The summed E-state index contributed by atoms with van der Waals surface area (Å²) in [7, 11) is 0. The lowest BCUT2D eigenvalue weighted by Crippen LogP contribution is -2.14. The highest BCUT2D eigenvalue weighted by Crippen LogP contribution is 2.28. The van der Waals surface area contributed by atoms with E-state index < -0.39 is 0 Å². The average molecular weight is 275 g/mol. The van der Waals surface area contributed by atoms with Gasteiger partial charge in [-0.1, -0.05) is 30.3 Å². The van der Waals surface area contributed by atoms with E-state index in [2.05, 4.69) is 4.99 Å². The van der Waals surface area contributed by atoms with Gasteiger partial charge in [0.25, 0.3) is 0 Å². The van der Waals surface area contributed by atoms with Crippen LogP contribution in [0.25, 0.3) is 11.0 Å². The van der Waals surface area contributed by atoms with Crippen molar-refractivity contribution in [1.29, 1.82) is 0 Å². The van der Waals surface area contributed by atoms with E-state index in [1.165, 1.54) is 0 Å². The predicted octanol–water partition coefficient (Wildman–Crippen LogP) is 3.78. The molecule has 2 heterocycles. The molecule has 0 atom stereocenters. The second-order valence-corrected chi connectivity index (χ2v) is 5.35. The second kappa shape index (κ2) is 4.42. The number of para-hydroxylation sites is 1. The lowest BCUT2D eigenvalue weighted by atomic mass is 10.0. The quantitative estimate of drug-likeness (QED) is 0.634. The number of benzene rings is 2. The van der Waals surface area contributed by atoms with Crippen LogP contribution in [0.5, 0.6) is 0 Å². The van der Waals surface area contributed by atoms with E-state index in [1.54, 1.807) is 0 Å². The van der Waals surface area contributed by atoms with Crippen molar-refractivity contribution in [2.75, 3.05) is 0 Å². The van der Waals surface area contributed by atoms with Gasteiger partial charge in [0.1, 0.15) is 5.58 Å². The third-order valence-electron chi connectivity index (χ3n) is 3.81. The zero-order chi connectivity index (χ0) is 14.4. The molecular weight excluding hydrogens is 262 g/mol. The number of nitrogens with zero attached hydrogens (tertiary/aromatic N) is 1. The number of fused-ring (bicyclic) bond motifs is 2. The molecule has 1 aliphatic rings. The van der Waals surface area contributed by atoms with Gasteiger partial charge in [0.15, 0.2) is 0 Å². The summed E-state index contributed by atoms with van der Waals surface area (Å²) in [5.41, 5.74) is 4.81. The molecule has 102 valence electrons. The van der Waals surface area contributed by atoms with Crippen molar-refractivity contribution < 1.29 is 4.42 Å². The van der Waals surface area contributed by atoms with Gasteiger partial charge in [-0.05, 0) is 36.2 Å². The van der Waals surface area contributed by atoms with Crippen LogP contribution in [0.2, 0.25) is 0 Å². The molecule has 0 radical (unpaired) electrons. The van der Waals surface area contributed by atoms with Crippen LogP contribution in [0.4, 0.5) is 5.69 Å². The number of rotatable bonds is 1. The highest BCUT2D eigenvalue weighted by molar-refractivity contribution is 6.07. The standard InChI is InChI=1S/C18H13NO2/c1-11-6-7-13-9-14(18(20)21-17(13)8-11)16-10-12-4-2-3-5-15(12)19-16/h2-9H,10H2,1H3. The van der Waals surface area contributed by atoms with E-state index >= 15 is 0 Å². The third kappa shape index (κ3) is 1.98. The van der Waals surface area contributed by atoms with Gasteiger partial charge in [-0.25, -0.2) is 4.79 Å². The van der Waals surface area contributed by atoms with Crippen LogP contribution in [0, 0.1) is 6.92 Å². The number of hydrogen-bond donors (Lipinski definition) is 0. The molecular formula is C18H13NO2. The van der Waals surface area contributed by atoms with Crippen molar-refractivity contribution >= 4 is 22.4 Å². The molecule has 1 aromatic heterocycles. The van der Waals surface area contributed by atoms with Crippen molar-refractivity contribution in [2.24, 2.45) is 4.99 Å². The Morgan fingerprint density at radius 3 is 2.81 bits per heavy atom. The lowest BCUT2D eigenvalue weighted by Gasteiger charge is -2.02. The summed E-state index contributed by atoms with van der Waals surface area (Å²) in [5, 5.41) is 0.925. The zero-order valence-corrected chi connectivity index (χ0v) is 11.6. The molecule has 1 aliphatic heterocycles. The SMILES string of the molecule is Cc1ccc2cc(C3=Nc4ccccc4C3)c(=O)oc2c1. The normalized spacial score (nSPS) is 13.3. The molecule has 0 saturated carbocycles. The Morgan fingerprint density at radius 1 is 1.10 bits per heavy atom. The highest BCUT2D eigenvalue weighted by Gasteiger charge is 2.19. The maximum atomic E-state index is 12.2. The van der Waals surface area contributed by atoms with Gasteiger partial charge in [-0.15, -0.1) is 0 Å². The number of aliphatic imine (C=N–C) groups is 1. The molecule has 0 bridgehead atoms. The fourth-order valence-electron chi connectivity index (χ4n) is 2.71. The first-order valence-corrected chi connectivity index (χ1v) is 6.91. The summed E-state index contributed by atoms with van der Waals surface area (Å²) in [5.74, 6) is 0. The van der Waals surface area contributed by atoms with Crippen LogP contribution >= 0.6 is 0 Å². The van der Waals surface area contributed by atoms with Crippen molar-refractivity contribution in [1.82, 2.24) is 0 Å². The molecule has 0 unspecified atom stereocenters. The first-order valence-electron chi connectivity index (χ1n) is 6.91. The fourth-order valence-corrected chi connectivity index (χ4v) is 2.71. The summed E-state index contributed by atoms with van der Waals surface area (Å²) >= 11 is 0. The number of aryl methyl sites for hydroxylation is 1.